The quantitative estimate of drug-likeness (QED) is 0.729. The van der Waals surface area contributed by atoms with Crippen molar-refractivity contribution in [1.82, 2.24) is 9.55 Å². The summed E-state index contributed by atoms with van der Waals surface area (Å²) < 4.78 is 6.70. The molecule has 0 saturated heterocycles. The van der Waals surface area contributed by atoms with E-state index in [0.29, 0.717) is 5.56 Å². The summed E-state index contributed by atoms with van der Waals surface area (Å²) in [6, 6.07) is 9.46. The Morgan fingerprint density at radius 3 is 2.38 bits per heavy atom. The normalized spacial score (nSPS) is 12.0. The van der Waals surface area contributed by atoms with Gasteiger partial charge in [0, 0.05) is 18.1 Å². The smallest absolute Gasteiger partial charge is 0.337 e. The molecule has 0 saturated carbocycles. The van der Waals surface area contributed by atoms with E-state index in [2.05, 4.69) is 4.98 Å². The van der Waals surface area contributed by atoms with Gasteiger partial charge >= 0.3 is 5.97 Å². The van der Waals surface area contributed by atoms with E-state index in [1.165, 1.54) is 7.11 Å². The molecule has 0 bridgehead atoms. The average molecular weight is 350 g/mol. The third-order valence-corrected chi connectivity index (χ3v) is 4.65. The number of ether oxygens (including phenoxy) is 1. The number of nitrogens with zero attached hydrogens (tertiary/aromatic N) is 2. The number of aliphatic hydroxyl groups is 1. The molecule has 5 heteroatoms. The van der Waals surface area contributed by atoms with E-state index in [0.717, 1.165) is 33.5 Å². The number of carbonyl (C=O) groups excluding carboxylic acids is 1. The predicted octanol–water partition coefficient (Wildman–Crippen LogP) is 3.67. The van der Waals surface area contributed by atoms with Crippen LogP contribution in [0.3, 0.4) is 0 Å². The van der Waals surface area contributed by atoms with Gasteiger partial charge in [0.1, 0.15) is 6.10 Å². The van der Waals surface area contributed by atoms with Crippen molar-refractivity contribution in [3.05, 3.63) is 82.4 Å². The molecular weight excluding hydrogens is 328 g/mol. The summed E-state index contributed by atoms with van der Waals surface area (Å²) in [4.78, 5) is 15.9. The maximum atomic E-state index is 11.8. The number of benzene rings is 2. The summed E-state index contributed by atoms with van der Waals surface area (Å²) >= 11 is 0. The number of hydrogen-bond acceptors (Lipinski definition) is 4. The molecule has 26 heavy (non-hydrogen) atoms. The largest absolute Gasteiger partial charge is 0.465 e. The van der Waals surface area contributed by atoms with Crippen LogP contribution in [0.15, 0.2) is 49.1 Å². The molecule has 0 aliphatic heterocycles. The molecule has 2 aromatic carbocycles. The molecule has 0 spiro atoms. The highest BCUT2D eigenvalue weighted by molar-refractivity contribution is 5.90. The number of aliphatic hydroxyl groups excluding tert-OH is 1. The Balaban J connectivity index is 2.06. The van der Waals surface area contributed by atoms with Crippen LogP contribution in [0, 0.1) is 20.8 Å². The molecule has 1 aromatic heterocycles. The Hall–Kier alpha value is -2.92. The first-order valence-electron chi connectivity index (χ1n) is 8.38. The third-order valence-electron chi connectivity index (χ3n) is 4.65. The molecule has 1 heterocycles. The molecule has 5 nitrogen and oxygen atoms in total. The zero-order chi connectivity index (χ0) is 18.8. The van der Waals surface area contributed by atoms with Crippen LogP contribution in [-0.4, -0.2) is 27.7 Å². The van der Waals surface area contributed by atoms with Crippen molar-refractivity contribution in [2.24, 2.45) is 0 Å². The van der Waals surface area contributed by atoms with Gasteiger partial charge in [0.25, 0.3) is 0 Å². The highest BCUT2D eigenvalue weighted by Crippen LogP contribution is 2.32. The van der Waals surface area contributed by atoms with Gasteiger partial charge in [-0.2, -0.15) is 0 Å². The van der Waals surface area contributed by atoms with Crippen LogP contribution in [0.25, 0.3) is 5.69 Å². The van der Waals surface area contributed by atoms with Crippen LogP contribution in [0.1, 0.15) is 44.3 Å². The first-order valence-corrected chi connectivity index (χ1v) is 8.38. The highest BCUT2D eigenvalue weighted by Gasteiger charge is 2.20. The van der Waals surface area contributed by atoms with Gasteiger partial charge in [-0.05, 0) is 72.9 Å². The zero-order valence-electron chi connectivity index (χ0n) is 15.4. The lowest BCUT2D eigenvalue weighted by atomic mass is 9.89. The second kappa shape index (κ2) is 7.14. The minimum Gasteiger partial charge on any atom is -0.465 e. The van der Waals surface area contributed by atoms with Gasteiger partial charge in [0.15, 0.2) is 0 Å². The maximum Gasteiger partial charge on any atom is 0.337 e. The van der Waals surface area contributed by atoms with E-state index in [4.69, 9.17) is 4.74 Å². The van der Waals surface area contributed by atoms with Crippen molar-refractivity contribution in [1.29, 1.82) is 0 Å². The second-order valence-electron chi connectivity index (χ2n) is 6.43. The van der Waals surface area contributed by atoms with Crippen molar-refractivity contribution in [3.8, 4) is 5.69 Å². The van der Waals surface area contributed by atoms with E-state index in [1.807, 2.05) is 49.7 Å². The lowest BCUT2D eigenvalue weighted by Crippen LogP contribution is -2.10. The molecule has 0 fully saturated rings. The fourth-order valence-electron chi connectivity index (χ4n) is 3.29. The molecule has 0 aliphatic carbocycles. The van der Waals surface area contributed by atoms with E-state index >= 15 is 0 Å². The van der Waals surface area contributed by atoms with E-state index < -0.39 is 6.10 Å². The lowest BCUT2D eigenvalue weighted by Gasteiger charge is -2.20. The Kier molecular flexibility index (Phi) is 4.91. The molecule has 3 aromatic rings. The molecule has 134 valence electrons. The molecular formula is C21H22N2O3. The molecule has 1 unspecified atom stereocenters. The standard InChI is InChI=1S/C21H22N2O3/c1-13-5-6-17(23-8-7-22-12-23)11-18(13)20(24)19-14(2)9-16(10-15(19)3)21(25)26-4/h5-12,20,24H,1-4H3. The van der Waals surface area contributed by atoms with Crippen LogP contribution >= 0.6 is 0 Å². The zero-order valence-corrected chi connectivity index (χ0v) is 15.4. The number of imidazole rings is 1. The number of aryl methyl sites for hydroxylation is 3. The van der Waals surface area contributed by atoms with Gasteiger partial charge in [-0.1, -0.05) is 6.07 Å². The van der Waals surface area contributed by atoms with Gasteiger partial charge in [0.2, 0.25) is 0 Å². The first kappa shape index (κ1) is 17.9. The number of hydrogen-bond donors (Lipinski definition) is 1. The van der Waals surface area contributed by atoms with Crippen molar-refractivity contribution < 1.29 is 14.6 Å². The van der Waals surface area contributed by atoms with E-state index in [9.17, 15) is 9.90 Å². The predicted molar refractivity (Wildman–Crippen MR) is 99.6 cm³/mol. The number of methoxy groups -OCH3 is 1. The number of esters is 1. The van der Waals surface area contributed by atoms with Crippen LogP contribution in [0.4, 0.5) is 0 Å². The summed E-state index contributed by atoms with van der Waals surface area (Å²) in [5.41, 5.74) is 5.76. The Morgan fingerprint density at radius 2 is 1.81 bits per heavy atom. The minimum absolute atomic E-state index is 0.379. The van der Waals surface area contributed by atoms with Gasteiger partial charge in [-0.25, -0.2) is 9.78 Å². The van der Waals surface area contributed by atoms with Crippen LogP contribution in [0.5, 0.6) is 0 Å². The van der Waals surface area contributed by atoms with Crippen molar-refractivity contribution in [2.45, 2.75) is 26.9 Å². The number of rotatable bonds is 4. The maximum absolute atomic E-state index is 11.8. The molecule has 1 N–H and O–H groups in total. The average Bonchev–Trinajstić information content (AvgIpc) is 3.15. The Bertz CT molecular complexity index is 923. The van der Waals surface area contributed by atoms with Crippen molar-refractivity contribution in [2.75, 3.05) is 7.11 Å². The first-order chi connectivity index (χ1) is 12.4. The summed E-state index contributed by atoms with van der Waals surface area (Å²) in [5.74, 6) is -0.379. The molecule has 0 radical (unpaired) electrons. The Morgan fingerprint density at radius 1 is 1.12 bits per heavy atom. The lowest BCUT2D eigenvalue weighted by molar-refractivity contribution is 0.0600. The highest BCUT2D eigenvalue weighted by atomic mass is 16.5. The summed E-state index contributed by atoms with van der Waals surface area (Å²) in [6.45, 7) is 5.77. The minimum atomic E-state index is -0.787. The second-order valence-corrected chi connectivity index (χ2v) is 6.43. The van der Waals surface area contributed by atoms with Gasteiger partial charge in [-0.3, -0.25) is 0 Å². The van der Waals surface area contributed by atoms with Gasteiger partial charge < -0.3 is 14.4 Å². The molecule has 1 atom stereocenters. The molecule has 3 rings (SSSR count). The topological polar surface area (TPSA) is 64.3 Å². The molecule has 0 amide bonds. The Labute approximate surface area is 152 Å². The van der Waals surface area contributed by atoms with E-state index in [-0.39, 0.29) is 5.97 Å². The van der Waals surface area contributed by atoms with Crippen LogP contribution < -0.4 is 0 Å². The monoisotopic (exact) mass is 350 g/mol. The van der Waals surface area contributed by atoms with Crippen LogP contribution in [-0.2, 0) is 4.74 Å². The van der Waals surface area contributed by atoms with Crippen molar-refractivity contribution >= 4 is 5.97 Å². The summed E-state index contributed by atoms with van der Waals surface area (Å²) in [5, 5.41) is 11.1. The van der Waals surface area contributed by atoms with Crippen LogP contribution in [0.2, 0.25) is 0 Å². The van der Waals surface area contributed by atoms with Gasteiger partial charge in [0.05, 0.1) is 19.0 Å². The van der Waals surface area contributed by atoms with Crippen molar-refractivity contribution in [3.63, 3.8) is 0 Å². The SMILES string of the molecule is COC(=O)c1cc(C)c(C(O)c2cc(-n3ccnc3)ccc2C)c(C)c1. The van der Waals surface area contributed by atoms with Gasteiger partial charge in [-0.15, -0.1) is 0 Å². The number of carbonyl (C=O) groups is 1. The van der Waals surface area contributed by atoms with E-state index in [1.54, 1.807) is 24.7 Å². The third kappa shape index (κ3) is 3.26. The fourth-order valence-corrected chi connectivity index (χ4v) is 3.29. The molecule has 0 aliphatic rings. The summed E-state index contributed by atoms with van der Waals surface area (Å²) in [6.07, 6.45) is 4.52. The summed E-state index contributed by atoms with van der Waals surface area (Å²) in [7, 11) is 1.36. The number of aromatic nitrogens is 2. The fraction of sp³-hybridized carbons (Fsp3) is 0.238.